The van der Waals surface area contributed by atoms with Crippen molar-refractivity contribution in [2.24, 2.45) is 5.73 Å². The number of nitrogens with two attached hydrogens (primary N) is 1. The Balaban J connectivity index is 2.66. The lowest BCUT2D eigenvalue weighted by molar-refractivity contribution is -0.158. The fourth-order valence-electron chi connectivity index (χ4n) is 1.98. The van der Waals surface area contributed by atoms with E-state index in [1.54, 1.807) is 0 Å². The van der Waals surface area contributed by atoms with E-state index in [2.05, 4.69) is 0 Å². The van der Waals surface area contributed by atoms with Crippen LogP contribution in [-0.4, -0.2) is 12.2 Å². The van der Waals surface area contributed by atoms with E-state index in [0.717, 1.165) is 6.07 Å². The highest BCUT2D eigenvalue weighted by atomic mass is 19.4. The molecule has 1 heterocycles. The predicted octanol–water partition coefficient (Wildman–Crippen LogP) is 3.29. The number of fused-ring (bicyclic) bond motifs is 1. The first-order valence-electron chi connectivity index (χ1n) is 5.62. The number of nitrogens with one attached hydrogen (secondary N) is 1. The molecule has 1 aromatic heterocycles. The highest BCUT2D eigenvalue weighted by molar-refractivity contribution is 5.83. The van der Waals surface area contributed by atoms with Gasteiger partial charge in [0.25, 0.3) is 0 Å². The van der Waals surface area contributed by atoms with Crippen LogP contribution in [0.15, 0.2) is 16.5 Å². The Kier molecular flexibility index (Phi) is 3.52. The topological polar surface area (TPSA) is 68.3 Å². The zero-order chi connectivity index (χ0) is 15.9. The van der Waals surface area contributed by atoms with Crippen molar-refractivity contribution in [2.45, 2.75) is 19.1 Å². The molecule has 2 aromatic rings. The molecule has 21 heavy (non-hydrogen) atoms. The number of furan rings is 1. The number of amides is 2. The van der Waals surface area contributed by atoms with Crippen molar-refractivity contribution in [1.82, 2.24) is 5.32 Å². The van der Waals surface area contributed by atoms with E-state index in [0.29, 0.717) is 6.07 Å². The van der Waals surface area contributed by atoms with Crippen LogP contribution in [-0.2, 0) is 0 Å². The molecule has 2 rings (SSSR count). The summed E-state index contributed by atoms with van der Waals surface area (Å²) in [6.07, 6.45) is -4.91. The van der Waals surface area contributed by atoms with Crippen molar-refractivity contribution >= 4 is 17.0 Å². The highest BCUT2D eigenvalue weighted by Crippen LogP contribution is 2.39. The molecule has 0 spiro atoms. The number of alkyl halides is 3. The summed E-state index contributed by atoms with van der Waals surface area (Å²) in [4.78, 5) is 10.7. The van der Waals surface area contributed by atoms with Gasteiger partial charge in [0, 0.05) is 17.0 Å². The number of halogens is 5. The molecule has 1 aromatic carbocycles. The fourth-order valence-corrected chi connectivity index (χ4v) is 1.98. The summed E-state index contributed by atoms with van der Waals surface area (Å²) < 4.78 is 70.4. The maximum atomic E-state index is 13.5. The van der Waals surface area contributed by atoms with E-state index < -0.39 is 41.2 Å². The molecule has 1 unspecified atom stereocenters. The van der Waals surface area contributed by atoms with Crippen molar-refractivity contribution in [1.29, 1.82) is 0 Å². The molecule has 0 saturated heterocycles. The molecule has 0 saturated carbocycles. The second-order valence-electron chi connectivity index (χ2n) is 4.34. The second-order valence-corrected chi connectivity index (χ2v) is 4.34. The number of hydrogen-bond donors (Lipinski definition) is 2. The minimum Gasteiger partial charge on any atom is -0.455 e. The van der Waals surface area contributed by atoms with E-state index in [-0.39, 0.29) is 10.9 Å². The Morgan fingerprint density at radius 3 is 2.48 bits per heavy atom. The van der Waals surface area contributed by atoms with Gasteiger partial charge in [0.05, 0.1) is 0 Å². The molecule has 0 aliphatic rings. The van der Waals surface area contributed by atoms with Crippen molar-refractivity contribution in [3.8, 4) is 0 Å². The summed E-state index contributed by atoms with van der Waals surface area (Å²) in [5, 5.41) is 1.33. The molecular formula is C12H9F5N2O2. The van der Waals surface area contributed by atoms with Gasteiger partial charge in [0.2, 0.25) is 0 Å². The Morgan fingerprint density at radius 1 is 1.33 bits per heavy atom. The molecule has 114 valence electrons. The van der Waals surface area contributed by atoms with Crippen molar-refractivity contribution in [2.75, 3.05) is 0 Å². The summed E-state index contributed by atoms with van der Waals surface area (Å²) in [7, 11) is 0. The van der Waals surface area contributed by atoms with Crippen LogP contribution in [0.2, 0.25) is 0 Å². The molecule has 0 bridgehead atoms. The summed E-state index contributed by atoms with van der Waals surface area (Å²) in [5.74, 6) is -2.85. The largest absolute Gasteiger partial charge is 0.455 e. The molecule has 9 heteroatoms. The van der Waals surface area contributed by atoms with Crippen molar-refractivity contribution in [3.05, 3.63) is 35.1 Å². The highest BCUT2D eigenvalue weighted by Gasteiger charge is 2.45. The summed E-state index contributed by atoms with van der Waals surface area (Å²) in [5.41, 5.74) is 4.04. The number of carbonyl (C=O) groups excluding carboxylic acids is 1. The number of carbonyl (C=O) groups is 1. The van der Waals surface area contributed by atoms with E-state index in [9.17, 15) is 26.7 Å². The van der Waals surface area contributed by atoms with E-state index in [1.807, 2.05) is 0 Å². The Bertz CT molecular complexity index is 708. The Morgan fingerprint density at radius 2 is 1.95 bits per heavy atom. The van der Waals surface area contributed by atoms with Gasteiger partial charge in [-0.1, -0.05) is 0 Å². The summed E-state index contributed by atoms with van der Waals surface area (Å²) in [6.45, 7) is 1.20. The number of benzene rings is 1. The van der Waals surface area contributed by atoms with Gasteiger partial charge in [-0.15, -0.1) is 0 Å². The van der Waals surface area contributed by atoms with Crippen molar-refractivity contribution in [3.63, 3.8) is 0 Å². The van der Waals surface area contributed by atoms with Gasteiger partial charge in [-0.25, -0.2) is 13.6 Å². The van der Waals surface area contributed by atoms with Crippen LogP contribution < -0.4 is 11.1 Å². The first-order chi connectivity index (χ1) is 9.61. The van der Waals surface area contributed by atoms with Crippen LogP contribution in [0, 0.1) is 18.6 Å². The van der Waals surface area contributed by atoms with Gasteiger partial charge in [-0.3, -0.25) is 0 Å². The van der Waals surface area contributed by atoms with E-state index in [1.165, 1.54) is 12.2 Å². The number of urea groups is 1. The average molecular weight is 308 g/mol. The molecule has 2 amide bonds. The average Bonchev–Trinajstić information content (AvgIpc) is 2.63. The van der Waals surface area contributed by atoms with Gasteiger partial charge in [-0.05, 0) is 13.0 Å². The number of aryl methyl sites for hydroxylation is 1. The van der Waals surface area contributed by atoms with E-state index >= 15 is 0 Å². The standard InChI is InChI=1S/C12H9F5N2O2/c1-4-6-2-5(13)3-7(14)9(6)21-8(4)10(12(15,16)17)19-11(18)20/h2-3,10H,1H3,(H3,18,19,20). The molecule has 0 aliphatic carbocycles. The minimum absolute atomic E-state index is 0.139. The number of primary amides is 1. The fraction of sp³-hybridized carbons (Fsp3) is 0.250. The van der Waals surface area contributed by atoms with Crippen LogP contribution in [0.1, 0.15) is 17.4 Å². The smallest absolute Gasteiger partial charge is 0.416 e. The third kappa shape index (κ3) is 2.76. The Hall–Kier alpha value is -2.32. The van der Waals surface area contributed by atoms with Crippen LogP contribution in [0.5, 0.6) is 0 Å². The summed E-state index contributed by atoms with van der Waals surface area (Å²) >= 11 is 0. The first-order valence-corrected chi connectivity index (χ1v) is 5.62. The third-order valence-corrected chi connectivity index (χ3v) is 2.87. The summed E-state index contributed by atoms with van der Waals surface area (Å²) in [6, 6.07) is -2.65. The molecule has 4 nitrogen and oxygen atoms in total. The maximum Gasteiger partial charge on any atom is 0.416 e. The number of rotatable bonds is 2. The lowest BCUT2D eigenvalue weighted by Crippen LogP contribution is -2.41. The van der Waals surface area contributed by atoms with Gasteiger partial charge in [0.15, 0.2) is 17.4 Å². The third-order valence-electron chi connectivity index (χ3n) is 2.87. The molecule has 0 fully saturated rings. The molecule has 1 atom stereocenters. The number of hydrogen-bond acceptors (Lipinski definition) is 2. The SMILES string of the molecule is Cc1c(C(NC(N)=O)C(F)(F)F)oc2c(F)cc(F)cc12. The van der Waals surface area contributed by atoms with Gasteiger partial charge in [0.1, 0.15) is 11.6 Å². The molecule has 0 aliphatic heterocycles. The van der Waals surface area contributed by atoms with Crippen LogP contribution in [0.4, 0.5) is 26.7 Å². The zero-order valence-electron chi connectivity index (χ0n) is 10.5. The molecule has 0 radical (unpaired) electrons. The monoisotopic (exact) mass is 308 g/mol. The van der Waals surface area contributed by atoms with Crippen LogP contribution >= 0.6 is 0 Å². The van der Waals surface area contributed by atoms with E-state index in [4.69, 9.17) is 10.2 Å². The lowest BCUT2D eigenvalue weighted by Gasteiger charge is -2.19. The Labute approximate surface area is 114 Å². The van der Waals surface area contributed by atoms with Crippen LogP contribution in [0.3, 0.4) is 0 Å². The van der Waals surface area contributed by atoms with Crippen molar-refractivity contribution < 1.29 is 31.2 Å². The van der Waals surface area contributed by atoms with Crippen LogP contribution in [0.25, 0.3) is 11.0 Å². The first kappa shape index (κ1) is 15.1. The van der Waals surface area contributed by atoms with Gasteiger partial charge < -0.3 is 15.5 Å². The normalized spacial score (nSPS) is 13.4. The molecule has 3 N–H and O–H groups in total. The predicted molar refractivity (Wildman–Crippen MR) is 62.4 cm³/mol. The van der Waals surface area contributed by atoms with Gasteiger partial charge >= 0.3 is 12.2 Å². The quantitative estimate of drug-likeness (QED) is 0.836. The minimum atomic E-state index is -4.91. The van der Waals surface area contributed by atoms with Gasteiger partial charge in [-0.2, -0.15) is 13.2 Å². The lowest BCUT2D eigenvalue weighted by atomic mass is 10.1. The second kappa shape index (κ2) is 4.90. The zero-order valence-corrected chi connectivity index (χ0v) is 10.5. The maximum absolute atomic E-state index is 13.5. The molecular weight excluding hydrogens is 299 g/mol.